The third kappa shape index (κ3) is 4.32. The Hall–Kier alpha value is -3.75. The first kappa shape index (κ1) is 19.0. The number of furan rings is 1. The highest BCUT2D eigenvalue weighted by Gasteiger charge is 2.14. The molecule has 144 valence electrons. The van der Waals surface area contributed by atoms with Crippen LogP contribution in [0.1, 0.15) is 22.7 Å². The number of rotatable bonds is 6. The maximum atomic E-state index is 13.4. The van der Waals surface area contributed by atoms with E-state index in [1.807, 2.05) is 0 Å². The maximum absolute atomic E-state index is 13.4. The first-order valence-corrected chi connectivity index (χ1v) is 8.35. The van der Waals surface area contributed by atoms with Crippen molar-refractivity contribution < 1.29 is 18.5 Å². The van der Waals surface area contributed by atoms with E-state index in [4.69, 9.17) is 4.42 Å². The SMILES string of the molecule is Cc1nn(Cc2cccc(F)c2)c(C)c1NC(=O)/C=C/c1ccc([N+](=O)[O-])o1. The highest BCUT2D eigenvalue weighted by atomic mass is 19.1. The van der Waals surface area contributed by atoms with Gasteiger partial charge in [0.2, 0.25) is 5.91 Å². The maximum Gasteiger partial charge on any atom is 0.433 e. The van der Waals surface area contributed by atoms with Crippen LogP contribution in [0, 0.1) is 29.8 Å². The minimum absolute atomic E-state index is 0.192. The summed E-state index contributed by atoms with van der Waals surface area (Å²) in [5.41, 5.74) is 2.64. The Morgan fingerprint density at radius 2 is 2.14 bits per heavy atom. The summed E-state index contributed by atoms with van der Waals surface area (Å²) in [6, 6.07) is 8.83. The van der Waals surface area contributed by atoms with Crippen molar-refractivity contribution in [2.24, 2.45) is 0 Å². The number of carbonyl (C=O) groups excluding carboxylic acids is 1. The van der Waals surface area contributed by atoms with Gasteiger partial charge in [0.1, 0.15) is 16.5 Å². The molecule has 8 nitrogen and oxygen atoms in total. The van der Waals surface area contributed by atoms with Crippen LogP contribution in [-0.4, -0.2) is 20.6 Å². The van der Waals surface area contributed by atoms with E-state index >= 15 is 0 Å². The monoisotopic (exact) mass is 384 g/mol. The van der Waals surface area contributed by atoms with E-state index in [2.05, 4.69) is 10.4 Å². The molecule has 1 N–H and O–H groups in total. The zero-order valence-corrected chi connectivity index (χ0v) is 15.2. The Morgan fingerprint density at radius 3 is 2.82 bits per heavy atom. The summed E-state index contributed by atoms with van der Waals surface area (Å²) in [5.74, 6) is -0.964. The van der Waals surface area contributed by atoms with Crippen molar-refractivity contribution in [3.05, 3.63) is 81.1 Å². The number of aryl methyl sites for hydroxylation is 1. The van der Waals surface area contributed by atoms with Crippen molar-refractivity contribution >= 4 is 23.6 Å². The molecule has 0 unspecified atom stereocenters. The zero-order chi connectivity index (χ0) is 20.3. The second-order valence-corrected chi connectivity index (χ2v) is 6.09. The fourth-order valence-electron chi connectivity index (χ4n) is 2.69. The van der Waals surface area contributed by atoms with Crippen molar-refractivity contribution in [1.82, 2.24) is 9.78 Å². The van der Waals surface area contributed by atoms with Crippen molar-refractivity contribution in [2.45, 2.75) is 20.4 Å². The lowest BCUT2D eigenvalue weighted by Gasteiger charge is -2.06. The van der Waals surface area contributed by atoms with Crippen LogP contribution in [0.25, 0.3) is 6.08 Å². The number of halogens is 1. The molecule has 0 radical (unpaired) electrons. The van der Waals surface area contributed by atoms with Gasteiger partial charge in [0.15, 0.2) is 0 Å². The molecule has 0 saturated carbocycles. The first-order valence-electron chi connectivity index (χ1n) is 8.35. The lowest BCUT2D eigenvalue weighted by Crippen LogP contribution is -2.10. The van der Waals surface area contributed by atoms with E-state index in [-0.39, 0.29) is 11.6 Å². The molecule has 2 aromatic heterocycles. The lowest BCUT2D eigenvalue weighted by molar-refractivity contribution is -0.402. The summed E-state index contributed by atoms with van der Waals surface area (Å²) in [5, 5.41) is 17.7. The quantitative estimate of drug-likeness (QED) is 0.395. The summed E-state index contributed by atoms with van der Waals surface area (Å²) in [7, 11) is 0. The van der Waals surface area contributed by atoms with Gasteiger partial charge in [0.05, 0.1) is 29.7 Å². The Labute approximate surface area is 159 Å². The smallest absolute Gasteiger partial charge is 0.401 e. The largest absolute Gasteiger partial charge is 0.433 e. The van der Waals surface area contributed by atoms with Crippen LogP contribution in [-0.2, 0) is 11.3 Å². The Kier molecular flexibility index (Phi) is 5.35. The minimum atomic E-state index is -0.656. The molecule has 0 saturated heterocycles. The van der Waals surface area contributed by atoms with E-state index in [0.717, 1.165) is 11.3 Å². The van der Waals surface area contributed by atoms with E-state index in [1.165, 1.54) is 36.4 Å². The van der Waals surface area contributed by atoms with Crippen molar-refractivity contribution in [2.75, 3.05) is 5.32 Å². The number of benzene rings is 1. The predicted octanol–water partition coefficient (Wildman–Crippen LogP) is 3.84. The van der Waals surface area contributed by atoms with Crippen LogP contribution in [0.15, 0.2) is 46.9 Å². The van der Waals surface area contributed by atoms with Gasteiger partial charge in [-0.25, -0.2) is 4.39 Å². The summed E-state index contributed by atoms with van der Waals surface area (Å²) >= 11 is 0. The van der Waals surface area contributed by atoms with Gasteiger partial charge < -0.3 is 9.73 Å². The zero-order valence-electron chi connectivity index (χ0n) is 15.2. The van der Waals surface area contributed by atoms with Gasteiger partial charge in [-0.2, -0.15) is 5.10 Å². The molecule has 2 heterocycles. The molecule has 28 heavy (non-hydrogen) atoms. The van der Waals surface area contributed by atoms with Crippen molar-refractivity contribution in [1.29, 1.82) is 0 Å². The molecule has 3 rings (SSSR count). The molecule has 1 amide bonds. The molecule has 1 aromatic carbocycles. The van der Waals surface area contributed by atoms with Crippen LogP contribution in [0.3, 0.4) is 0 Å². The number of anilines is 1. The van der Waals surface area contributed by atoms with Gasteiger partial charge in [0.25, 0.3) is 0 Å². The fourth-order valence-corrected chi connectivity index (χ4v) is 2.69. The molecule has 0 aliphatic heterocycles. The molecule has 3 aromatic rings. The number of nitrogens with one attached hydrogen (secondary N) is 1. The number of carbonyl (C=O) groups is 1. The van der Waals surface area contributed by atoms with Crippen molar-refractivity contribution in [3.63, 3.8) is 0 Å². The summed E-state index contributed by atoms with van der Waals surface area (Å²) in [4.78, 5) is 22.1. The molecular weight excluding hydrogens is 367 g/mol. The topological polar surface area (TPSA) is 103 Å². The predicted molar refractivity (Wildman–Crippen MR) is 100 cm³/mol. The van der Waals surface area contributed by atoms with Crippen LogP contribution in [0.5, 0.6) is 0 Å². The highest BCUT2D eigenvalue weighted by Crippen LogP contribution is 2.21. The molecule has 0 spiro atoms. The van der Waals surface area contributed by atoms with Crippen LogP contribution >= 0.6 is 0 Å². The second-order valence-electron chi connectivity index (χ2n) is 6.09. The van der Waals surface area contributed by atoms with E-state index in [1.54, 1.807) is 30.7 Å². The van der Waals surface area contributed by atoms with Gasteiger partial charge in [-0.1, -0.05) is 12.1 Å². The van der Waals surface area contributed by atoms with Gasteiger partial charge in [-0.3, -0.25) is 19.6 Å². The van der Waals surface area contributed by atoms with Gasteiger partial charge >= 0.3 is 5.88 Å². The Bertz CT molecular complexity index is 1070. The number of hydrogen-bond donors (Lipinski definition) is 1. The van der Waals surface area contributed by atoms with Gasteiger partial charge in [-0.05, 0) is 43.7 Å². The third-order valence-corrected chi connectivity index (χ3v) is 4.04. The fraction of sp³-hybridized carbons (Fsp3) is 0.158. The standard InChI is InChI=1S/C19H17FN4O4/c1-12-19(13(2)23(22-12)11-14-4-3-5-15(20)10-14)21-17(25)8-6-16-7-9-18(28-16)24(26)27/h3-10H,11H2,1-2H3,(H,21,25)/b8-6+. The third-order valence-electron chi connectivity index (χ3n) is 4.04. The number of aromatic nitrogens is 2. The Balaban J connectivity index is 1.71. The van der Waals surface area contributed by atoms with Gasteiger partial charge in [-0.15, -0.1) is 0 Å². The average Bonchev–Trinajstić information content (AvgIpc) is 3.21. The highest BCUT2D eigenvalue weighted by molar-refractivity contribution is 6.02. The number of amides is 1. The molecule has 0 aliphatic carbocycles. The summed E-state index contributed by atoms with van der Waals surface area (Å²) in [6.45, 7) is 3.92. The molecule has 0 fully saturated rings. The molecular formula is C19H17FN4O4. The van der Waals surface area contributed by atoms with E-state index < -0.39 is 16.7 Å². The van der Waals surface area contributed by atoms with Crippen LogP contribution < -0.4 is 5.32 Å². The number of hydrogen-bond acceptors (Lipinski definition) is 5. The molecule has 0 atom stereocenters. The first-order chi connectivity index (χ1) is 13.3. The molecule has 0 bridgehead atoms. The second kappa shape index (κ2) is 7.87. The van der Waals surface area contributed by atoms with Crippen LogP contribution in [0.2, 0.25) is 0 Å². The lowest BCUT2D eigenvalue weighted by atomic mass is 10.2. The Morgan fingerprint density at radius 1 is 1.36 bits per heavy atom. The summed E-state index contributed by atoms with van der Waals surface area (Å²) < 4.78 is 20.0. The van der Waals surface area contributed by atoms with E-state index in [0.29, 0.717) is 17.9 Å². The minimum Gasteiger partial charge on any atom is -0.401 e. The molecule has 0 aliphatic rings. The number of nitrogens with zero attached hydrogens (tertiary/aromatic N) is 3. The number of nitro groups is 1. The summed E-state index contributed by atoms with van der Waals surface area (Å²) in [6.07, 6.45) is 2.55. The normalized spacial score (nSPS) is 11.1. The van der Waals surface area contributed by atoms with Crippen LogP contribution in [0.4, 0.5) is 16.0 Å². The van der Waals surface area contributed by atoms with Gasteiger partial charge in [0, 0.05) is 6.08 Å². The van der Waals surface area contributed by atoms with Crippen molar-refractivity contribution in [3.8, 4) is 0 Å². The van der Waals surface area contributed by atoms with E-state index in [9.17, 15) is 19.3 Å². The molecule has 9 heteroatoms. The average molecular weight is 384 g/mol.